The van der Waals surface area contributed by atoms with Gasteiger partial charge in [-0.25, -0.2) is 0 Å². The Morgan fingerprint density at radius 3 is 2.25 bits per heavy atom. The Kier molecular flexibility index (Phi) is 2.84. The number of ether oxygens (including phenoxy) is 2. The SMILES string of the molecule is COC1(C)CC(NCC2(C)COC2)C1(C)C. The summed E-state index contributed by atoms with van der Waals surface area (Å²) in [6.45, 7) is 11.9. The van der Waals surface area contributed by atoms with Gasteiger partial charge in [0.2, 0.25) is 0 Å². The smallest absolute Gasteiger partial charge is 0.0731 e. The molecule has 0 radical (unpaired) electrons. The summed E-state index contributed by atoms with van der Waals surface area (Å²) >= 11 is 0. The van der Waals surface area contributed by atoms with Crippen molar-refractivity contribution >= 4 is 0 Å². The van der Waals surface area contributed by atoms with Crippen molar-refractivity contribution in [3.05, 3.63) is 0 Å². The van der Waals surface area contributed by atoms with Gasteiger partial charge in [0.05, 0.1) is 18.8 Å². The first-order valence-electron chi connectivity index (χ1n) is 6.19. The minimum Gasteiger partial charge on any atom is -0.380 e. The van der Waals surface area contributed by atoms with E-state index in [0.717, 1.165) is 26.2 Å². The molecule has 0 aromatic rings. The van der Waals surface area contributed by atoms with Gasteiger partial charge in [-0.3, -0.25) is 0 Å². The van der Waals surface area contributed by atoms with Gasteiger partial charge in [0.25, 0.3) is 0 Å². The molecule has 1 aliphatic carbocycles. The largest absolute Gasteiger partial charge is 0.380 e. The Balaban J connectivity index is 1.85. The number of rotatable bonds is 4. The third-order valence-corrected chi connectivity index (χ3v) is 4.95. The van der Waals surface area contributed by atoms with Gasteiger partial charge in [-0.2, -0.15) is 0 Å². The lowest BCUT2D eigenvalue weighted by molar-refractivity contribution is -0.185. The normalized spacial score (nSPS) is 39.9. The first kappa shape index (κ1) is 12.3. The summed E-state index contributed by atoms with van der Waals surface area (Å²) in [5, 5.41) is 3.68. The van der Waals surface area contributed by atoms with Gasteiger partial charge in [-0.05, 0) is 13.3 Å². The van der Waals surface area contributed by atoms with Crippen molar-refractivity contribution in [2.24, 2.45) is 10.8 Å². The van der Waals surface area contributed by atoms with E-state index in [1.165, 1.54) is 0 Å². The van der Waals surface area contributed by atoms with Gasteiger partial charge in [0.1, 0.15) is 0 Å². The zero-order valence-electron chi connectivity index (χ0n) is 11.2. The number of nitrogens with one attached hydrogen (secondary N) is 1. The van der Waals surface area contributed by atoms with Gasteiger partial charge in [0, 0.05) is 30.5 Å². The van der Waals surface area contributed by atoms with E-state index in [4.69, 9.17) is 9.47 Å². The lowest BCUT2D eigenvalue weighted by Crippen LogP contribution is -2.69. The average Bonchev–Trinajstić information content (AvgIpc) is 2.20. The van der Waals surface area contributed by atoms with Gasteiger partial charge in [-0.1, -0.05) is 20.8 Å². The maximum absolute atomic E-state index is 5.63. The number of hydrogen-bond acceptors (Lipinski definition) is 3. The van der Waals surface area contributed by atoms with Crippen LogP contribution in [0.2, 0.25) is 0 Å². The second-order valence-corrected chi connectivity index (χ2v) is 6.60. The predicted octanol–water partition coefficient (Wildman–Crippen LogP) is 1.82. The Labute approximate surface area is 98.9 Å². The maximum atomic E-state index is 5.63. The lowest BCUT2D eigenvalue weighted by Gasteiger charge is -2.60. The van der Waals surface area contributed by atoms with Crippen LogP contribution < -0.4 is 5.32 Å². The average molecular weight is 227 g/mol. The molecule has 3 heteroatoms. The fourth-order valence-electron chi connectivity index (χ4n) is 2.74. The van der Waals surface area contributed by atoms with Crippen LogP contribution in [0.25, 0.3) is 0 Å². The van der Waals surface area contributed by atoms with Crippen LogP contribution in [0.15, 0.2) is 0 Å². The molecule has 1 aliphatic heterocycles. The molecule has 1 heterocycles. The number of hydrogen-bond donors (Lipinski definition) is 1. The molecule has 2 rings (SSSR count). The van der Waals surface area contributed by atoms with E-state index in [-0.39, 0.29) is 11.0 Å². The molecule has 94 valence electrons. The van der Waals surface area contributed by atoms with Crippen molar-refractivity contribution < 1.29 is 9.47 Å². The zero-order valence-corrected chi connectivity index (χ0v) is 11.2. The van der Waals surface area contributed by atoms with Gasteiger partial charge in [0.15, 0.2) is 0 Å². The summed E-state index contributed by atoms with van der Waals surface area (Å²) in [6.07, 6.45) is 1.10. The van der Waals surface area contributed by atoms with E-state index in [1.54, 1.807) is 0 Å². The summed E-state index contributed by atoms with van der Waals surface area (Å²) < 4.78 is 10.9. The molecule has 0 aromatic heterocycles. The van der Waals surface area contributed by atoms with E-state index >= 15 is 0 Å². The van der Waals surface area contributed by atoms with E-state index in [1.807, 2.05) is 7.11 Å². The molecule has 3 nitrogen and oxygen atoms in total. The minimum atomic E-state index is 0.0294. The minimum absolute atomic E-state index is 0.0294. The molecule has 16 heavy (non-hydrogen) atoms. The standard InChI is InChI=1S/C13H25NO2/c1-11(2)10(6-13(11,4)15-5)14-7-12(3)8-16-9-12/h10,14H,6-9H2,1-5H3. The van der Waals surface area contributed by atoms with Crippen molar-refractivity contribution in [3.63, 3.8) is 0 Å². The molecule has 1 saturated carbocycles. The van der Waals surface area contributed by atoms with E-state index in [0.29, 0.717) is 11.5 Å². The maximum Gasteiger partial charge on any atom is 0.0731 e. The molecule has 2 fully saturated rings. The molecule has 1 N–H and O–H groups in total. The Hall–Kier alpha value is -0.120. The van der Waals surface area contributed by atoms with Crippen LogP contribution in [-0.4, -0.2) is 38.5 Å². The number of methoxy groups -OCH3 is 1. The Morgan fingerprint density at radius 1 is 1.25 bits per heavy atom. The highest BCUT2D eigenvalue weighted by atomic mass is 16.5. The van der Waals surface area contributed by atoms with Crippen LogP contribution in [0.5, 0.6) is 0 Å². The summed E-state index contributed by atoms with van der Waals surface area (Å²) in [4.78, 5) is 0. The molecule has 0 amide bonds. The fraction of sp³-hybridized carbons (Fsp3) is 1.00. The van der Waals surface area contributed by atoms with Crippen molar-refractivity contribution in [3.8, 4) is 0 Å². The summed E-state index contributed by atoms with van der Waals surface area (Å²) in [5.41, 5.74) is 0.597. The third-order valence-electron chi connectivity index (χ3n) is 4.95. The second kappa shape index (κ2) is 3.69. The van der Waals surface area contributed by atoms with Crippen LogP contribution >= 0.6 is 0 Å². The summed E-state index contributed by atoms with van der Waals surface area (Å²) in [6, 6.07) is 0.565. The molecule has 1 saturated heterocycles. The van der Waals surface area contributed by atoms with Gasteiger partial charge >= 0.3 is 0 Å². The van der Waals surface area contributed by atoms with Gasteiger partial charge < -0.3 is 14.8 Å². The van der Waals surface area contributed by atoms with Gasteiger partial charge in [-0.15, -0.1) is 0 Å². The predicted molar refractivity (Wildman–Crippen MR) is 64.5 cm³/mol. The van der Waals surface area contributed by atoms with Crippen LogP contribution in [0.1, 0.15) is 34.1 Å². The van der Waals surface area contributed by atoms with Crippen molar-refractivity contribution in [2.45, 2.75) is 45.8 Å². The Morgan fingerprint density at radius 2 is 1.88 bits per heavy atom. The fourth-order valence-corrected chi connectivity index (χ4v) is 2.74. The molecular weight excluding hydrogens is 202 g/mol. The first-order chi connectivity index (χ1) is 7.33. The molecule has 0 aromatic carbocycles. The first-order valence-corrected chi connectivity index (χ1v) is 6.19. The van der Waals surface area contributed by atoms with E-state index in [2.05, 4.69) is 33.0 Å². The van der Waals surface area contributed by atoms with E-state index < -0.39 is 0 Å². The van der Waals surface area contributed by atoms with Crippen molar-refractivity contribution in [1.82, 2.24) is 5.32 Å². The zero-order chi connectivity index (χ0) is 12.0. The topological polar surface area (TPSA) is 30.5 Å². The van der Waals surface area contributed by atoms with Crippen molar-refractivity contribution in [2.75, 3.05) is 26.9 Å². The molecule has 0 bridgehead atoms. The van der Waals surface area contributed by atoms with E-state index in [9.17, 15) is 0 Å². The highest BCUT2D eigenvalue weighted by Crippen LogP contribution is 2.51. The van der Waals surface area contributed by atoms with Crippen LogP contribution in [0.4, 0.5) is 0 Å². The van der Waals surface area contributed by atoms with Crippen LogP contribution in [-0.2, 0) is 9.47 Å². The lowest BCUT2D eigenvalue weighted by atomic mass is 9.55. The van der Waals surface area contributed by atoms with Crippen molar-refractivity contribution in [1.29, 1.82) is 0 Å². The molecular formula is C13H25NO2. The summed E-state index contributed by atoms with van der Waals surface area (Å²) in [7, 11) is 1.82. The summed E-state index contributed by atoms with van der Waals surface area (Å²) in [5.74, 6) is 0. The molecule has 2 aliphatic rings. The molecule has 2 atom stereocenters. The second-order valence-electron chi connectivity index (χ2n) is 6.60. The monoisotopic (exact) mass is 227 g/mol. The molecule has 0 spiro atoms. The Bertz CT molecular complexity index is 273. The third kappa shape index (κ3) is 1.69. The quantitative estimate of drug-likeness (QED) is 0.794. The molecule has 2 unspecified atom stereocenters. The highest BCUT2D eigenvalue weighted by Gasteiger charge is 2.57. The highest BCUT2D eigenvalue weighted by molar-refractivity contribution is 5.11. The van der Waals surface area contributed by atoms with Crippen LogP contribution in [0, 0.1) is 10.8 Å². The van der Waals surface area contributed by atoms with Crippen LogP contribution in [0.3, 0.4) is 0 Å².